The summed E-state index contributed by atoms with van der Waals surface area (Å²) >= 11 is 14.8. The van der Waals surface area contributed by atoms with Crippen LogP contribution in [0.3, 0.4) is 0 Å². The highest BCUT2D eigenvalue weighted by Gasteiger charge is 2.09. The second kappa shape index (κ2) is 9.49. The largest absolute Gasteiger partial charge is 0.362 e. The van der Waals surface area contributed by atoms with E-state index in [4.69, 9.17) is 23.8 Å². The summed E-state index contributed by atoms with van der Waals surface area (Å²) in [6.07, 6.45) is 4.57. The molecule has 3 rings (SSSR count). The summed E-state index contributed by atoms with van der Waals surface area (Å²) in [6, 6.07) is 6.39. The zero-order valence-corrected chi connectivity index (χ0v) is 18.3. The molecule has 0 radical (unpaired) electrons. The monoisotopic (exact) mass is 484 g/mol. The molecule has 2 aromatic heterocycles. The lowest BCUT2D eigenvalue weighted by molar-refractivity contribution is 0.570. The maximum absolute atomic E-state index is 13.9. The Kier molecular flexibility index (Phi) is 7.03. The number of aromatic nitrogens is 4. The molecule has 2 N–H and O–H groups in total. The molecule has 0 aliphatic heterocycles. The van der Waals surface area contributed by atoms with Crippen molar-refractivity contribution in [2.45, 2.75) is 26.4 Å². The maximum atomic E-state index is 13.9. The Balaban J connectivity index is 1.44. The number of halogens is 3. The third-order valence-electron chi connectivity index (χ3n) is 4.00. The third kappa shape index (κ3) is 5.52. The van der Waals surface area contributed by atoms with Gasteiger partial charge >= 0.3 is 0 Å². The topological polar surface area (TPSA) is 59.7 Å². The minimum absolute atomic E-state index is 0.242. The smallest absolute Gasteiger partial charge is 0.171 e. The van der Waals surface area contributed by atoms with E-state index in [9.17, 15) is 4.39 Å². The molecular weight excluding hydrogens is 467 g/mol. The SMILES string of the molecule is Cc1nn(CCCNC(=S)Nc2ccn(Cc3c(F)cccc3Cl)n2)cc1Br. The molecule has 6 nitrogen and oxygen atoms in total. The predicted octanol–water partition coefficient (Wildman–Crippen LogP) is 4.37. The van der Waals surface area contributed by atoms with E-state index in [1.165, 1.54) is 6.07 Å². The van der Waals surface area contributed by atoms with Crippen molar-refractivity contribution in [3.8, 4) is 0 Å². The van der Waals surface area contributed by atoms with E-state index >= 15 is 0 Å². The highest BCUT2D eigenvalue weighted by Crippen LogP contribution is 2.20. The number of benzene rings is 1. The van der Waals surface area contributed by atoms with Crippen LogP contribution in [0.5, 0.6) is 0 Å². The van der Waals surface area contributed by atoms with Crippen LogP contribution in [0.2, 0.25) is 5.02 Å². The molecular formula is C18H19BrClFN6S. The lowest BCUT2D eigenvalue weighted by Gasteiger charge is -2.09. The molecule has 0 aliphatic rings. The summed E-state index contributed by atoms with van der Waals surface area (Å²) in [4.78, 5) is 0. The number of aryl methyl sites for hydroxylation is 2. The number of rotatable bonds is 7. The summed E-state index contributed by atoms with van der Waals surface area (Å²) < 4.78 is 18.4. The van der Waals surface area contributed by atoms with Crippen molar-refractivity contribution in [2.75, 3.05) is 11.9 Å². The van der Waals surface area contributed by atoms with Crippen molar-refractivity contribution < 1.29 is 4.39 Å². The van der Waals surface area contributed by atoms with E-state index in [1.807, 2.05) is 17.8 Å². The Morgan fingerprint density at radius 2 is 2.11 bits per heavy atom. The van der Waals surface area contributed by atoms with Gasteiger partial charge in [-0.15, -0.1) is 0 Å². The van der Waals surface area contributed by atoms with Gasteiger partial charge in [-0.1, -0.05) is 17.7 Å². The molecule has 1 aromatic carbocycles. The maximum Gasteiger partial charge on any atom is 0.171 e. The van der Waals surface area contributed by atoms with Gasteiger partial charge in [-0.2, -0.15) is 10.2 Å². The fourth-order valence-electron chi connectivity index (χ4n) is 2.57. The van der Waals surface area contributed by atoms with Gasteiger partial charge in [-0.3, -0.25) is 9.36 Å². The third-order valence-corrected chi connectivity index (χ3v) is 5.38. The summed E-state index contributed by atoms with van der Waals surface area (Å²) in [5.74, 6) is 0.227. The standard InChI is InChI=1S/C18H19BrClFN6S/c1-12-14(19)11-26(24-12)8-3-7-22-18(28)23-17-6-9-27(25-17)10-13-15(20)4-2-5-16(13)21/h2,4-6,9,11H,3,7-8,10H2,1H3,(H2,22,23,25,28). The minimum atomic E-state index is -0.353. The van der Waals surface area contributed by atoms with Crippen molar-refractivity contribution in [3.63, 3.8) is 0 Å². The molecule has 0 unspecified atom stereocenters. The lowest BCUT2D eigenvalue weighted by Crippen LogP contribution is -2.30. The van der Waals surface area contributed by atoms with Crippen LogP contribution in [0.4, 0.5) is 10.2 Å². The van der Waals surface area contributed by atoms with Gasteiger partial charge in [0.2, 0.25) is 0 Å². The number of nitrogens with zero attached hydrogens (tertiary/aromatic N) is 4. The molecule has 0 bridgehead atoms. The van der Waals surface area contributed by atoms with Crippen LogP contribution in [-0.4, -0.2) is 31.2 Å². The van der Waals surface area contributed by atoms with Crippen molar-refractivity contribution in [2.24, 2.45) is 0 Å². The van der Waals surface area contributed by atoms with Crippen LogP contribution >= 0.6 is 39.7 Å². The van der Waals surface area contributed by atoms with Crippen molar-refractivity contribution in [1.82, 2.24) is 24.9 Å². The molecule has 148 valence electrons. The summed E-state index contributed by atoms with van der Waals surface area (Å²) in [5, 5.41) is 15.8. The molecule has 0 saturated carbocycles. The fourth-order valence-corrected chi connectivity index (χ4v) is 3.32. The summed E-state index contributed by atoms with van der Waals surface area (Å²) in [5.41, 5.74) is 1.37. The molecule has 0 atom stereocenters. The van der Waals surface area contributed by atoms with Gasteiger partial charge in [-0.05, 0) is 53.6 Å². The first-order valence-corrected chi connectivity index (χ1v) is 10.2. The molecule has 0 amide bonds. The number of thiocarbonyl (C=S) groups is 1. The zero-order valence-electron chi connectivity index (χ0n) is 15.1. The van der Waals surface area contributed by atoms with Gasteiger partial charge in [0, 0.05) is 42.1 Å². The van der Waals surface area contributed by atoms with Crippen LogP contribution in [0.1, 0.15) is 17.7 Å². The Morgan fingerprint density at radius 3 is 2.82 bits per heavy atom. The first kappa shape index (κ1) is 20.8. The Labute approximate surface area is 181 Å². The van der Waals surface area contributed by atoms with Crippen molar-refractivity contribution >= 4 is 50.7 Å². The molecule has 0 fully saturated rings. The normalized spacial score (nSPS) is 10.9. The van der Waals surface area contributed by atoms with E-state index in [1.54, 1.807) is 29.1 Å². The van der Waals surface area contributed by atoms with Gasteiger partial charge in [0.05, 0.1) is 16.7 Å². The highest BCUT2D eigenvalue weighted by atomic mass is 79.9. The van der Waals surface area contributed by atoms with Crippen molar-refractivity contribution in [1.29, 1.82) is 0 Å². The summed E-state index contributed by atoms with van der Waals surface area (Å²) in [6.45, 7) is 3.69. The van der Waals surface area contributed by atoms with E-state index in [0.717, 1.165) is 23.1 Å². The number of anilines is 1. The number of nitrogens with one attached hydrogen (secondary N) is 2. The summed E-state index contributed by atoms with van der Waals surface area (Å²) in [7, 11) is 0. The van der Waals surface area contributed by atoms with Crippen LogP contribution in [0.15, 0.2) is 41.1 Å². The van der Waals surface area contributed by atoms with Crippen LogP contribution in [-0.2, 0) is 13.1 Å². The minimum Gasteiger partial charge on any atom is -0.362 e. The lowest BCUT2D eigenvalue weighted by atomic mass is 10.2. The first-order valence-electron chi connectivity index (χ1n) is 8.63. The second-order valence-electron chi connectivity index (χ2n) is 6.16. The molecule has 28 heavy (non-hydrogen) atoms. The Hall–Kier alpha value is -1.97. The van der Waals surface area contributed by atoms with E-state index < -0.39 is 0 Å². The van der Waals surface area contributed by atoms with E-state index in [2.05, 4.69) is 36.8 Å². The Bertz CT molecular complexity index is 933. The van der Waals surface area contributed by atoms with Gasteiger partial charge in [0.15, 0.2) is 10.9 Å². The van der Waals surface area contributed by atoms with Gasteiger partial charge in [0.1, 0.15) is 5.82 Å². The Morgan fingerprint density at radius 1 is 1.29 bits per heavy atom. The molecule has 2 heterocycles. The average Bonchev–Trinajstić information content (AvgIpc) is 3.21. The zero-order chi connectivity index (χ0) is 20.1. The van der Waals surface area contributed by atoms with Crippen molar-refractivity contribution in [3.05, 3.63) is 63.2 Å². The van der Waals surface area contributed by atoms with Gasteiger partial charge in [0.25, 0.3) is 0 Å². The van der Waals surface area contributed by atoms with E-state index in [0.29, 0.717) is 28.1 Å². The highest BCUT2D eigenvalue weighted by molar-refractivity contribution is 9.10. The van der Waals surface area contributed by atoms with Crippen LogP contribution in [0, 0.1) is 12.7 Å². The first-order chi connectivity index (χ1) is 13.4. The van der Waals surface area contributed by atoms with Gasteiger partial charge in [-0.25, -0.2) is 4.39 Å². The fraction of sp³-hybridized carbons (Fsp3) is 0.278. The number of hydrogen-bond donors (Lipinski definition) is 2. The molecule has 3 aromatic rings. The van der Waals surface area contributed by atoms with Gasteiger partial charge < -0.3 is 10.6 Å². The quantitative estimate of drug-likeness (QED) is 0.384. The molecule has 10 heteroatoms. The number of hydrogen-bond acceptors (Lipinski definition) is 3. The second-order valence-corrected chi connectivity index (χ2v) is 7.83. The van der Waals surface area contributed by atoms with Crippen LogP contribution < -0.4 is 10.6 Å². The van der Waals surface area contributed by atoms with E-state index in [-0.39, 0.29) is 12.4 Å². The predicted molar refractivity (Wildman–Crippen MR) is 116 cm³/mol. The van der Waals surface area contributed by atoms with Crippen LogP contribution in [0.25, 0.3) is 0 Å². The molecule has 0 spiro atoms. The molecule has 0 aliphatic carbocycles. The molecule has 0 saturated heterocycles. The average molecular weight is 486 g/mol.